The second-order valence-corrected chi connectivity index (χ2v) is 6.09. The number of aromatic nitrogens is 3. The molecular formula is C16H23N5O2. The number of H-pyrrole nitrogens is 1. The number of fused-ring (bicyclic) bond motifs is 1. The molecule has 1 amide bonds. The number of aliphatic hydroxyl groups excluding tert-OH is 1. The van der Waals surface area contributed by atoms with Gasteiger partial charge in [-0.2, -0.15) is 4.98 Å². The smallest absolute Gasteiger partial charge is 0.267 e. The minimum absolute atomic E-state index is 0.124. The molecule has 2 aromatic heterocycles. The van der Waals surface area contributed by atoms with Crippen LogP contribution in [0.5, 0.6) is 0 Å². The van der Waals surface area contributed by atoms with Crippen LogP contribution < -0.4 is 10.6 Å². The van der Waals surface area contributed by atoms with Crippen molar-refractivity contribution in [3.63, 3.8) is 0 Å². The summed E-state index contributed by atoms with van der Waals surface area (Å²) in [7, 11) is 0. The van der Waals surface area contributed by atoms with Crippen LogP contribution in [0.15, 0.2) is 12.3 Å². The minimum atomic E-state index is -0.177. The average molecular weight is 317 g/mol. The third kappa shape index (κ3) is 3.79. The molecule has 0 atom stereocenters. The first-order valence-corrected chi connectivity index (χ1v) is 8.24. The highest BCUT2D eigenvalue weighted by atomic mass is 16.3. The van der Waals surface area contributed by atoms with E-state index in [2.05, 4.69) is 25.6 Å². The molecule has 0 aliphatic heterocycles. The van der Waals surface area contributed by atoms with E-state index in [1.165, 1.54) is 0 Å². The number of aromatic amines is 1. The van der Waals surface area contributed by atoms with Crippen LogP contribution in [-0.2, 0) is 0 Å². The molecule has 2 heterocycles. The molecular weight excluding hydrogens is 294 g/mol. The lowest BCUT2D eigenvalue weighted by Gasteiger charge is -2.26. The van der Waals surface area contributed by atoms with Gasteiger partial charge in [0.25, 0.3) is 5.91 Å². The molecule has 1 fully saturated rings. The fraction of sp³-hybridized carbons (Fsp3) is 0.562. The third-order valence-electron chi connectivity index (χ3n) is 4.18. The van der Waals surface area contributed by atoms with Gasteiger partial charge in [0, 0.05) is 24.2 Å². The molecule has 124 valence electrons. The van der Waals surface area contributed by atoms with Gasteiger partial charge < -0.3 is 20.7 Å². The van der Waals surface area contributed by atoms with E-state index in [1.54, 1.807) is 12.3 Å². The highest BCUT2D eigenvalue weighted by molar-refractivity contribution is 5.97. The summed E-state index contributed by atoms with van der Waals surface area (Å²) < 4.78 is 0. The summed E-state index contributed by atoms with van der Waals surface area (Å²) in [6.45, 7) is 2.67. The lowest BCUT2D eigenvalue weighted by Crippen LogP contribution is -2.28. The number of hydrogen-bond donors (Lipinski definition) is 4. The van der Waals surface area contributed by atoms with E-state index >= 15 is 0 Å². The maximum atomic E-state index is 12.0. The Morgan fingerprint density at radius 1 is 1.39 bits per heavy atom. The van der Waals surface area contributed by atoms with E-state index in [4.69, 9.17) is 0 Å². The van der Waals surface area contributed by atoms with Gasteiger partial charge in [-0.15, -0.1) is 0 Å². The molecule has 4 N–H and O–H groups in total. The maximum absolute atomic E-state index is 12.0. The van der Waals surface area contributed by atoms with E-state index in [1.807, 2.05) is 6.92 Å². The number of amides is 1. The highest BCUT2D eigenvalue weighted by Gasteiger charge is 2.20. The standard InChI is InChI=1S/C16H23N5O2/c1-2-7-17-15(23)13-8-10-9-18-16(21-14(10)20-13)19-11-3-5-12(22)6-4-11/h8-9,11-12,22H,2-7H2,1H3,(H,17,23)(H2,18,19,20,21). The first kappa shape index (κ1) is 15.7. The van der Waals surface area contributed by atoms with E-state index < -0.39 is 0 Å². The SMILES string of the molecule is CCCNC(=O)c1cc2cnc(NC3CCC(O)CC3)nc2[nH]1. The van der Waals surface area contributed by atoms with Crippen LogP contribution in [0.4, 0.5) is 5.95 Å². The Morgan fingerprint density at radius 3 is 2.91 bits per heavy atom. The Kier molecular flexibility index (Phi) is 4.76. The van der Waals surface area contributed by atoms with E-state index in [0.717, 1.165) is 37.5 Å². The largest absolute Gasteiger partial charge is 0.393 e. The Hall–Kier alpha value is -2.15. The first-order chi connectivity index (χ1) is 11.2. The number of anilines is 1. The molecule has 7 nitrogen and oxygen atoms in total. The van der Waals surface area contributed by atoms with Crippen LogP contribution in [0, 0.1) is 0 Å². The lowest BCUT2D eigenvalue weighted by atomic mass is 9.93. The van der Waals surface area contributed by atoms with Crippen LogP contribution in [0.2, 0.25) is 0 Å². The average Bonchev–Trinajstić information content (AvgIpc) is 2.98. The summed E-state index contributed by atoms with van der Waals surface area (Å²) in [5.41, 5.74) is 1.15. The van der Waals surface area contributed by atoms with Gasteiger partial charge in [0.1, 0.15) is 11.3 Å². The van der Waals surface area contributed by atoms with Gasteiger partial charge in [-0.1, -0.05) is 6.92 Å². The molecule has 2 aromatic rings. The second-order valence-electron chi connectivity index (χ2n) is 6.09. The molecule has 3 rings (SSSR count). The summed E-state index contributed by atoms with van der Waals surface area (Å²) >= 11 is 0. The normalized spacial score (nSPS) is 21.3. The quantitative estimate of drug-likeness (QED) is 0.673. The fourth-order valence-corrected chi connectivity index (χ4v) is 2.84. The molecule has 0 unspecified atom stereocenters. The Bertz CT molecular complexity index is 676. The first-order valence-electron chi connectivity index (χ1n) is 8.24. The zero-order valence-electron chi connectivity index (χ0n) is 13.3. The molecule has 7 heteroatoms. The Balaban J connectivity index is 1.70. The Labute approximate surface area is 134 Å². The van der Waals surface area contributed by atoms with Crippen molar-refractivity contribution in [3.8, 4) is 0 Å². The third-order valence-corrected chi connectivity index (χ3v) is 4.18. The van der Waals surface area contributed by atoms with Crippen molar-refractivity contribution in [2.24, 2.45) is 0 Å². The van der Waals surface area contributed by atoms with Crippen molar-refractivity contribution < 1.29 is 9.90 Å². The molecule has 0 bridgehead atoms. The number of nitrogens with one attached hydrogen (secondary N) is 3. The highest BCUT2D eigenvalue weighted by Crippen LogP contribution is 2.21. The molecule has 1 aliphatic rings. The monoisotopic (exact) mass is 317 g/mol. The van der Waals surface area contributed by atoms with Crippen molar-refractivity contribution in [1.82, 2.24) is 20.3 Å². The lowest BCUT2D eigenvalue weighted by molar-refractivity contribution is 0.0949. The zero-order chi connectivity index (χ0) is 16.2. The van der Waals surface area contributed by atoms with Gasteiger partial charge in [-0.3, -0.25) is 4.79 Å². The number of hydrogen-bond acceptors (Lipinski definition) is 5. The van der Waals surface area contributed by atoms with Crippen molar-refractivity contribution in [2.75, 3.05) is 11.9 Å². The predicted molar refractivity (Wildman–Crippen MR) is 88.4 cm³/mol. The van der Waals surface area contributed by atoms with Crippen molar-refractivity contribution in [3.05, 3.63) is 18.0 Å². The number of aliphatic hydroxyl groups is 1. The van der Waals surface area contributed by atoms with Gasteiger partial charge in [0.15, 0.2) is 0 Å². The molecule has 1 aliphatic carbocycles. The van der Waals surface area contributed by atoms with Gasteiger partial charge >= 0.3 is 0 Å². The predicted octanol–water partition coefficient (Wildman–Crippen LogP) is 1.81. The van der Waals surface area contributed by atoms with E-state index in [-0.39, 0.29) is 18.1 Å². The van der Waals surface area contributed by atoms with Crippen LogP contribution in [-0.4, -0.2) is 44.7 Å². The summed E-state index contributed by atoms with van der Waals surface area (Å²) in [5.74, 6) is 0.432. The molecule has 0 spiro atoms. The van der Waals surface area contributed by atoms with Gasteiger partial charge in [0.2, 0.25) is 5.95 Å². The molecule has 23 heavy (non-hydrogen) atoms. The summed E-state index contributed by atoms with van der Waals surface area (Å²) in [6.07, 6.45) is 5.89. The van der Waals surface area contributed by atoms with Gasteiger partial charge in [-0.05, 0) is 38.2 Å². The van der Waals surface area contributed by atoms with Gasteiger partial charge in [0.05, 0.1) is 6.10 Å². The minimum Gasteiger partial charge on any atom is -0.393 e. The molecule has 0 saturated heterocycles. The van der Waals surface area contributed by atoms with Crippen molar-refractivity contribution in [2.45, 2.75) is 51.2 Å². The molecule has 1 saturated carbocycles. The van der Waals surface area contributed by atoms with E-state index in [9.17, 15) is 9.90 Å². The molecule has 0 aromatic carbocycles. The second kappa shape index (κ2) is 6.95. The number of carbonyl (C=O) groups is 1. The summed E-state index contributed by atoms with van der Waals surface area (Å²) in [6, 6.07) is 2.05. The van der Waals surface area contributed by atoms with Crippen LogP contribution in [0.3, 0.4) is 0 Å². The zero-order valence-corrected chi connectivity index (χ0v) is 13.3. The Morgan fingerprint density at radius 2 is 2.17 bits per heavy atom. The fourth-order valence-electron chi connectivity index (χ4n) is 2.84. The van der Waals surface area contributed by atoms with Crippen LogP contribution >= 0.6 is 0 Å². The number of carbonyl (C=O) groups excluding carboxylic acids is 1. The molecule has 0 radical (unpaired) electrons. The van der Waals surface area contributed by atoms with Crippen molar-refractivity contribution in [1.29, 1.82) is 0 Å². The van der Waals surface area contributed by atoms with Crippen LogP contribution in [0.25, 0.3) is 11.0 Å². The van der Waals surface area contributed by atoms with E-state index in [0.29, 0.717) is 23.8 Å². The van der Waals surface area contributed by atoms with Crippen LogP contribution in [0.1, 0.15) is 49.5 Å². The topological polar surface area (TPSA) is 103 Å². The maximum Gasteiger partial charge on any atom is 0.267 e. The van der Waals surface area contributed by atoms with Crippen molar-refractivity contribution >= 4 is 22.9 Å². The number of rotatable bonds is 5. The number of nitrogens with zero attached hydrogens (tertiary/aromatic N) is 2. The summed E-state index contributed by atoms with van der Waals surface area (Å²) in [4.78, 5) is 23.8. The summed E-state index contributed by atoms with van der Waals surface area (Å²) in [5, 5.41) is 16.5. The van der Waals surface area contributed by atoms with Gasteiger partial charge in [-0.25, -0.2) is 4.98 Å².